The predicted octanol–water partition coefficient (Wildman–Crippen LogP) is 3.23. The number of amides is 1. The first kappa shape index (κ1) is 17.6. The number of halogens is 1. The van der Waals surface area contributed by atoms with Crippen LogP contribution in [0.4, 0.5) is 4.79 Å². The molecule has 7 heteroatoms. The number of likely N-dealkylation sites (tertiary alicyclic amines) is 1. The molecule has 23 heavy (non-hydrogen) atoms. The maximum absolute atomic E-state index is 11.8. The summed E-state index contributed by atoms with van der Waals surface area (Å²) in [6, 6.07) is 5.10. The number of esters is 1. The van der Waals surface area contributed by atoms with Crippen molar-refractivity contribution < 1.29 is 23.8 Å². The number of carbonyl (C=O) groups is 2. The Morgan fingerprint density at radius 3 is 2.48 bits per heavy atom. The second-order valence-corrected chi connectivity index (χ2v) is 7.11. The lowest BCUT2D eigenvalue weighted by atomic mass is 10.1. The van der Waals surface area contributed by atoms with E-state index in [2.05, 4.69) is 15.9 Å². The van der Waals surface area contributed by atoms with Gasteiger partial charge in [-0.3, -0.25) is 0 Å². The Balaban J connectivity index is 1.91. The van der Waals surface area contributed by atoms with Crippen LogP contribution < -0.4 is 4.74 Å². The Morgan fingerprint density at radius 1 is 1.26 bits per heavy atom. The number of rotatable bonds is 3. The second kappa shape index (κ2) is 6.78. The molecular weight excluding hydrogens is 366 g/mol. The highest BCUT2D eigenvalue weighted by Gasteiger charge is 2.35. The highest BCUT2D eigenvalue weighted by atomic mass is 79.9. The van der Waals surface area contributed by atoms with E-state index in [0.29, 0.717) is 28.9 Å². The molecule has 0 atom stereocenters. The molecule has 0 spiro atoms. The van der Waals surface area contributed by atoms with E-state index in [1.54, 1.807) is 23.1 Å². The molecule has 1 fully saturated rings. The molecule has 0 unspecified atom stereocenters. The summed E-state index contributed by atoms with van der Waals surface area (Å²) < 4.78 is 16.4. The molecule has 1 aromatic rings. The van der Waals surface area contributed by atoms with Crippen molar-refractivity contribution in [3.63, 3.8) is 0 Å². The second-order valence-electron chi connectivity index (χ2n) is 6.26. The molecule has 0 radical (unpaired) electrons. The van der Waals surface area contributed by atoms with Crippen LogP contribution >= 0.6 is 15.9 Å². The standard InChI is InChI=1S/C16H20BrNO5/c1-16(2,3)23-15(20)18-8-11(9-18)22-10-5-6-13(17)12(7-10)14(19)21-4/h5-7,11H,8-9H2,1-4H3. The molecule has 0 bridgehead atoms. The van der Waals surface area contributed by atoms with Gasteiger partial charge in [0.05, 0.1) is 25.8 Å². The van der Waals surface area contributed by atoms with Crippen LogP contribution in [-0.4, -0.2) is 48.9 Å². The number of carbonyl (C=O) groups excluding carboxylic acids is 2. The lowest BCUT2D eigenvalue weighted by Crippen LogP contribution is -2.57. The molecule has 126 valence electrons. The average Bonchev–Trinajstić information content (AvgIpc) is 2.41. The van der Waals surface area contributed by atoms with Crippen LogP contribution in [0.2, 0.25) is 0 Å². The van der Waals surface area contributed by atoms with E-state index in [1.165, 1.54) is 7.11 Å². The fourth-order valence-corrected chi connectivity index (χ4v) is 2.43. The van der Waals surface area contributed by atoms with Crippen molar-refractivity contribution in [2.75, 3.05) is 20.2 Å². The maximum Gasteiger partial charge on any atom is 0.410 e. The van der Waals surface area contributed by atoms with Crippen molar-refractivity contribution >= 4 is 28.0 Å². The molecular formula is C16H20BrNO5. The monoisotopic (exact) mass is 385 g/mol. The minimum absolute atomic E-state index is 0.116. The molecule has 1 amide bonds. The molecule has 6 nitrogen and oxygen atoms in total. The van der Waals surface area contributed by atoms with E-state index < -0.39 is 11.6 Å². The van der Waals surface area contributed by atoms with Crippen LogP contribution in [0, 0.1) is 0 Å². The van der Waals surface area contributed by atoms with Gasteiger partial charge in [-0.25, -0.2) is 9.59 Å². The van der Waals surface area contributed by atoms with Crippen molar-refractivity contribution in [3.05, 3.63) is 28.2 Å². The average molecular weight is 386 g/mol. The fraction of sp³-hybridized carbons (Fsp3) is 0.500. The molecule has 1 aliphatic heterocycles. The Morgan fingerprint density at radius 2 is 1.91 bits per heavy atom. The van der Waals surface area contributed by atoms with Gasteiger partial charge in [-0.2, -0.15) is 0 Å². The third-order valence-electron chi connectivity index (χ3n) is 3.15. The Kier molecular flexibility index (Phi) is 5.19. The molecule has 1 heterocycles. The molecule has 2 rings (SSSR count). The summed E-state index contributed by atoms with van der Waals surface area (Å²) in [5.41, 5.74) is -0.113. The molecule has 1 saturated heterocycles. The SMILES string of the molecule is COC(=O)c1cc(OC2CN(C(=O)OC(C)(C)C)C2)ccc1Br. The lowest BCUT2D eigenvalue weighted by molar-refractivity contribution is -0.0221. The molecule has 0 aliphatic carbocycles. The molecule has 0 saturated carbocycles. The summed E-state index contributed by atoms with van der Waals surface area (Å²) in [5.74, 6) is 0.119. The lowest BCUT2D eigenvalue weighted by Gasteiger charge is -2.39. The number of benzene rings is 1. The van der Waals surface area contributed by atoms with Gasteiger partial charge in [0.25, 0.3) is 0 Å². The van der Waals surface area contributed by atoms with E-state index in [1.807, 2.05) is 20.8 Å². The summed E-state index contributed by atoms with van der Waals surface area (Å²) in [6.45, 7) is 6.40. The number of nitrogens with zero attached hydrogens (tertiary/aromatic N) is 1. The summed E-state index contributed by atoms with van der Waals surface area (Å²) in [5, 5.41) is 0. The van der Waals surface area contributed by atoms with Crippen LogP contribution in [0.5, 0.6) is 5.75 Å². The summed E-state index contributed by atoms with van der Waals surface area (Å²) in [6.07, 6.45) is -0.461. The van der Waals surface area contributed by atoms with Gasteiger partial charge < -0.3 is 19.1 Å². The third-order valence-corrected chi connectivity index (χ3v) is 3.84. The van der Waals surface area contributed by atoms with Crippen LogP contribution in [0.1, 0.15) is 31.1 Å². The largest absolute Gasteiger partial charge is 0.487 e. The topological polar surface area (TPSA) is 65.1 Å². The van der Waals surface area contributed by atoms with Crippen molar-refractivity contribution in [1.29, 1.82) is 0 Å². The summed E-state index contributed by atoms with van der Waals surface area (Å²) in [7, 11) is 1.33. The van der Waals surface area contributed by atoms with Gasteiger partial charge in [0, 0.05) is 4.47 Å². The first-order chi connectivity index (χ1) is 10.7. The fourth-order valence-electron chi connectivity index (χ4n) is 2.02. The molecule has 0 aromatic heterocycles. The van der Waals surface area contributed by atoms with Gasteiger partial charge in [-0.15, -0.1) is 0 Å². The van der Waals surface area contributed by atoms with E-state index in [0.717, 1.165) is 0 Å². The van der Waals surface area contributed by atoms with E-state index >= 15 is 0 Å². The van der Waals surface area contributed by atoms with Gasteiger partial charge in [0.2, 0.25) is 0 Å². The van der Waals surface area contributed by atoms with Gasteiger partial charge in [-0.05, 0) is 54.9 Å². The minimum atomic E-state index is -0.510. The highest BCUT2D eigenvalue weighted by molar-refractivity contribution is 9.10. The zero-order valence-electron chi connectivity index (χ0n) is 13.6. The van der Waals surface area contributed by atoms with Crippen molar-refractivity contribution in [1.82, 2.24) is 4.90 Å². The Bertz CT molecular complexity index is 605. The van der Waals surface area contributed by atoms with Crippen LogP contribution in [0.25, 0.3) is 0 Å². The number of ether oxygens (including phenoxy) is 3. The quantitative estimate of drug-likeness (QED) is 0.747. The van der Waals surface area contributed by atoms with Crippen molar-refractivity contribution in [2.45, 2.75) is 32.5 Å². The predicted molar refractivity (Wildman–Crippen MR) is 87.7 cm³/mol. The highest BCUT2D eigenvalue weighted by Crippen LogP contribution is 2.26. The van der Waals surface area contributed by atoms with Crippen molar-refractivity contribution in [2.24, 2.45) is 0 Å². The normalized spacial score (nSPS) is 14.9. The summed E-state index contributed by atoms with van der Waals surface area (Å²) in [4.78, 5) is 25.1. The first-order valence-corrected chi connectivity index (χ1v) is 8.01. The smallest absolute Gasteiger partial charge is 0.410 e. The van der Waals surface area contributed by atoms with Crippen LogP contribution in [-0.2, 0) is 9.47 Å². The zero-order chi connectivity index (χ0) is 17.2. The van der Waals surface area contributed by atoms with E-state index in [4.69, 9.17) is 14.2 Å². The van der Waals surface area contributed by atoms with Gasteiger partial charge in [0.1, 0.15) is 17.5 Å². The maximum atomic E-state index is 11.8. The molecule has 1 aliphatic rings. The van der Waals surface area contributed by atoms with Crippen LogP contribution in [0.15, 0.2) is 22.7 Å². The Hall–Kier alpha value is -1.76. The number of hydrogen-bond donors (Lipinski definition) is 0. The zero-order valence-corrected chi connectivity index (χ0v) is 15.2. The Labute approximate surface area is 143 Å². The molecule has 1 aromatic carbocycles. The minimum Gasteiger partial charge on any atom is -0.487 e. The van der Waals surface area contributed by atoms with Crippen molar-refractivity contribution in [3.8, 4) is 5.75 Å². The number of hydrogen-bond acceptors (Lipinski definition) is 5. The van der Waals surface area contributed by atoms with Crippen LogP contribution in [0.3, 0.4) is 0 Å². The first-order valence-electron chi connectivity index (χ1n) is 7.22. The van der Waals surface area contributed by atoms with Gasteiger partial charge in [-0.1, -0.05) is 0 Å². The van der Waals surface area contributed by atoms with Gasteiger partial charge in [0.15, 0.2) is 0 Å². The van der Waals surface area contributed by atoms with E-state index in [-0.39, 0.29) is 12.2 Å². The molecule has 0 N–H and O–H groups in total. The van der Waals surface area contributed by atoms with E-state index in [9.17, 15) is 9.59 Å². The third kappa shape index (κ3) is 4.60. The number of methoxy groups -OCH3 is 1. The van der Waals surface area contributed by atoms with Gasteiger partial charge >= 0.3 is 12.1 Å². The summed E-state index contributed by atoms with van der Waals surface area (Å²) >= 11 is 3.30.